The van der Waals surface area contributed by atoms with Gasteiger partial charge in [-0.05, 0) is 44.8 Å². The molecule has 0 spiro atoms. The van der Waals surface area contributed by atoms with Crippen molar-refractivity contribution in [3.8, 4) is 0 Å². The highest BCUT2D eigenvalue weighted by atomic mass is 19.4. The zero-order valence-corrected chi connectivity index (χ0v) is 10.3. The first-order valence-corrected chi connectivity index (χ1v) is 6.48. The summed E-state index contributed by atoms with van der Waals surface area (Å²) in [6, 6.07) is 0.438. The van der Waals surface area contributed by atoms with Crippen molar-refractivity contribution in [1.82, 2.24) is 10.2 Å². The minimum absolute atomic E-state index is 0.272. The summed E-state index contributed by atoms with van der Waals surface area (Å²) in [7, 11) is 0. The molecule has 17 heavy (non-hydrogen) atoms. The molecule has 2 unspecified atom stereocenters. The lowest BCUT2D eigenvalue weighted by Gasteiger charge is -2.41. The Hall–Kier alpha value is -0.290. The largest absolute Gasteiger partial charge is 0.391 e. The minimum atomic E-state index is -4.00. The molecule has 2 nitrogen and oxygen atoms in total. The van der Waals surface area contributed by atoms with Crippen LogP contribution in [0.1, 0.15) is 26.2 Å². The van der Waals surface area contributed by atoms with Crippen LogP contribution in [0, 0.1) is 11.8 Å². The molecule has 2 aliphatic rings. The Kier molecular flexibility index (Phi) is 3.98. The van der Waals surface area contributed by atoms with Crippen molar-refractivity contribution >= 4 is 0 Å². The topological polar surface area (TPSA) is 15.3 Å². The molecular weight excluding hydrogens is 229 g/mol. The Labute approximate surface area is 101 Å². The van der Waals surface area contributed by atoms with Crippen molar-refractivity contribution in [1.29, 1.82) is 0 Å². The lowest BCUT2D eigenvalue weighted by Crippen LogP contribution is -2.52. The highest BCUT2D eigenvalue weighted by Crippen LogP contribution is 2.35. The molecule has 2 aliphatic heterocycles. The fourth-order valence-electron chi connectivity index (χ4n) is 3.00. The summed E-state index contributed by atoms with van der Waals surface area (Å²) in [5, 5.41) is 3.36. The van der Waals surface area contributed by atoms with E-state index in [9.17, 15) is 13.2 Å². The molecule has 1 N–H and O–H groups in total. The molecule has 0 radical (unpaired) electrons. The van der Waals surface area contributed by atoms with Crippen LogP contribution >= 0.6 is 0 Å². The Morgan fingerprint density at radius 3 is 2.29 bits per heavy atom. The van der Waals surface area contributed by atoms with E-state index in [-0.39, 0.29) is 12.8 Å². The molecule has 5 heteroatoms. The summed E-state index contributed by atoms with van der Waals surface area (Å²) in [5.74, 6) is -0.443. The van der Waals surface area contributed by atoms with Crippen molar-refractivity contribution in [3.63, 3.8) is 0 Å². The lowest BCUT2D eigenvalue weighted by molar-refractivity contribution is -0.186. The van der Waals surface area contributed by atoms with Gasteiger partial charge >= 0.3 is 6.18 Å². The van der Waals surface area contributed by atoms with Gasteiger partial charge in [0.2, 0.25) is 0 Å². The summed E-state index contributed by atoms with van der Waals surface area (Å²) in [6.07, 6.45) is -2.34. The van der Waals surface area contributed by atoms with Crippen molar-refractivity contribution in [2.75, 3.05) is 26.2 Å². The van der Waals surface area contributed by atoms with Crippen molar-refractivity contribution in [2.45, 2.75) is 38.4 Å². The van der Waals surface area contributed by atoms with E-state index in [1.54, 1.807) is 0 Å². The quantitative estimate of drug-likeness (QED) is 0.768. The number of hydrogen-bond acceptors (Lipinski definition) is 2. The van der Waals surface area contributed by atoms with Crippen LogP contribution in [0.15, 0.2) is 0 Å². The maximum atomic E-state index is 12.5. The highest BCUT2D eigenvalue weighted by molar-refractivity contribution is 4.86. The van der Waals surface area contributed by atoms with Gasteiger partial charge in [0.15, 0.2) is 0 Å². The number of piperidine rings is 2. The molecular formula is C12H21F3N2. The van der Waals surface area contributed by atoms with E-state index < -0.39 is 12.1 Å². The highest BCUT2D eigenvalue weighted by Gasteiger charge is 2.42. The summed E-state index contributed by atoms with van der Waals surface area (Å²) in [4.78, 5) is 2.24. The van der Waals surface area contributed by atoms with Crippen LogP contribution in [0.4, 0.5) is 13.2 Å². The zero-order valence-electron chi connectivity index (χ0n) is 10.3. The van der Waals surface area contributed by atoms with Crippen LogP contribution in [0.2, 0.25) is 0 Å². The van der Waals surface area contributed by atoms with Gasteiger partial charge in [-0.25, -0.2) is 0 Å². The monoisotopic (exact) mass is 250 g/mol. The van der Waals surface area contributed by atoms with E-state index in [1.807, 2.05) is 0 Å². The summed E-state index contributed by atoms with van der Waals surface area (Å²) >= 11 is 0. The average Bonchev–Trinajstić information content (AvgIpc) is 2.28. The van der Waals surface area contributed by atoms with E-state index in [0.717, 1.165) is 19.5 Å². The molecule has 2 heterocycles. The van der Waals surface area contributed by atoms with Crippen LogP contribution in [-0.2, 0) is 0 Å². The molecule has 0 aliphatic carbocycles. The van der Waals surface area contributed by atoms with Gasteiger partial charge in [-0.2, -0.15) is 13.2 Å². The van der Waals surface area contributed by atoms with Crippen LogP contribution in [0.3, 0.4) is 0 Å². The molecule has 0 saturated carbocycles. The van der Waals surface area contributed by atoms with Crippen molar-refractivity contribution in [3.05, 3.63) is 0 Å². The smallest absolute Gasteiger partial charge is 0.315 e. The first-order chi connectivity index (χ1) is 7.97. The maximum Gasteiger partial charge on any atom is 0.391 e. The molecule has 2 atom stereocenters. The molecule has 0 aromatic heterocycles. The fourth-order valence-corrected chi connectivity index (χ4v) is 3.00. The van der Waals surface area contributed by atoms with Crippen molar-refractivity contribution in [2.24, 2.45) is 11.8 Å². The van der Waals surface area contributed by atoms with Crippen LogP contribution in [-0.4, -0.2) is 43.3 Å². The molecule has 0 bridgehead atoms. The van der Waals surface area contributed by atoms with Gasteiger partial charge in [0.05, 0.1) is 5.92 Å². The van der Waals surface area contributed by atoms with E-state index in [4.69, 9.17) is 0 Å². The second kappa shape index (κ2) is 5.14. The van der Waals surface area contributed by atoms with E-state index in [2.05, 4.69) is 17.1 Å². The normalized spacial score (nSPS) is 33.9. The molecule has 0 aromatic carbocycles. The number of alkyl halides is 3. The molecule has 2 rings (SSSR count). The van der Waals surface area contributed by atoms with Gasteiger partial charge in [0.1, 0.15) is 0 Å². The van der Waals surface area contributed by atoms with E-state index >= 15 is 0 Å². The SMILES string of the molecule is CC1CNCC(N2CCC(C(F)(F)F)CC2)C1. The molecule has 0 amide bonds. The Balaban J connectivity index is 1.82. The predicted octanol–water partition coefficient (Wildman–Crippen LogP) is 2.26. The Morgan fingerprint density at radius 2 is 1.76 bits per heavy atom. The first kappa shape index (κ1) is 13.1. The van der Waals surface area contributed by atoms with Gasteiger partial charge in [-0.1, -0.05) is 6.92 Å². The fraction of sp³-hybridized carbons (Fsp3) is 1.00. The number of likely N-dealkylation sites (tertiary alicyclic amines) is 1. The van der Waals surface area contributed by atoms with Crippen molar-refractivity contribution < 1.29 is 13.2 Å². The summed E-state index contributed by atoms with van der Waals surface area (Å²) in [5.41, 5.74) is 0. The third-order valence-corrected chi connectivity index (χ3v) is 4.06. The van der Waals surface area contributed by atoms with E-state index in [0.29, 0.717) is 25.0 Å². The van der Waals surface area contributed by atoms with Gasteiger partial charge in [-0.3, -0.25) is 4.90 Å². The predicted molar refractivity (Wildman–Crippen MR) is 60.8 cm³/mol. The van der Waals surface area contributed by atoms with Crippen LogP contribution in [0.5, 0.6) is 0 Å². The second-order valence-corrected chi connectivity index (χ2v) is 5.50. The Bertz CT molecular complexity index is 247. The molecule has 2 fully saturated rings. The third kappa shape index (κ3) is 3.35. The average molecular weight is 250 g/mol. The third-order valence-electron chi connectivity index (χ3n) is 4.06. The van der Waals surface area contributed by atoms with Crippen LogP contribution < -0.4 is 5.32 Å². The standard InChI is InChI=1S/C12H21F3N2/c1-9-6-11(8-16-7-9)17-4-2-10(3-5-17)12(13,14)15/h9-11,16H,2-8H2,1H3. The lowest BCUT2D eigenvalue weighted by atomic mass is 9.91. The number of nitrogens with one attached hydrogen (secondary N) is 1. The summed E-state index contributed by atoms with van der Waals surface area (Å²) in [6.45, 7) is 5.37. The number of nitrogens with zero attached hydrogens (tertiary/aromatic N) is 1. The van der Waals surface area contributed by atoms with E-state index in [1.165, 1.54) is 0 Å². The maximum absolute atomic E-state index is 12.5. The van der Waals surface area contributed by atoms with Gasteiger partial charge in [0, 0.05) is 12.6 Å². The molecule has 0 aromatic rings. The van der Waals surface area contributed by atoms with Gasteiger partial charge < -0.3 is 5.32 Å². The number of halogens is 3. The number of hydrogen-bond donors (Lipinski definition) is 1. The minimum Gasteiger partial charge on any atom is -0.315 e. The van der Waals surface area contributed by atoms with Gasteiger partial charge in [-0.15, -0.1) is 0 Å². The first-order valence-electron chi connectivity index (χ1n) is 6.48. The number of rotatable bonds is 1. The summed E-state index contributed by atoms with van der Waals surface area (Å²) < 4.78 is 37.6. The molecule has 2 saturated heterocycles. The Morgan fingerprint density at radius 1 is 1.12 bits per heavy atom. The van der Waals surface area contributed by atoms with Crippen LogP contribution in [0.25, 0.3) is 0 Å². The zero-order chi connectivity index (χ0) is 12.5. The second-order valence-electron chi connectivity index (χ2n) is 5.50. The molecule has 100 valence electrons. The van der Waals surface area contributed by atoms with Gasteiger partial charge in [0.25, 0.3) is 0 Å².